The Morgan fingerprint density at radius 3 is 2.42 bits per heavy atom. The third-order valence-corrected chi connectivity index (χ3v) is 2.01. The molecule has 72 valence electrons. The average molecular weight is 188 g/mol. The standard InChI is InChI=1S/C9H20N2S/c1-3-5-7-8(6-4-2)11-9(10)12/h8H,3-7H2,1-2H3,(H3,10,11,12). The van der Waals surface area contributed by atoms with Crippen LogP contribution in [-0.2, 0) is 0 Å². The van der Waals surface area contributed by atoms with E-state index >= 15 is 0 Å². The number of hydrogen-bond acceptors (Lipinski definition) is 1. The van der Waals surface area contributed by atoms with Gasteiger partial charge in [-0.15, -0.1) is 0 Å². The van der Waals surface area contributed by atoms with Gasteiger partial charge in [-0.05, 0) is 25.1 Å². The minimum atomic E-state index is 0.435. The molecule has 0 aromatic heterocycles. The molecule has 0 amide bonds. The highest BCUT2D eigenvalue weighted by Gasteiger charge is 2.05. The van der Waals surface area contributed by atoms with Crippen molar-refractivity contribution in [3.05, 3.63) is 0 Å². The van der Waals surface area contributed by atoms with Crippen LogP contribution >= 0.6 is 12.2 Å². The van der Waals surface area contributed by atoms with Crippen LogP contribution in [0.15, 0.2) is 0 Å². The highest BCUT2D eigenvalue weighted by Crippen LogP contribution is 2.06. The minimum absolute atomic E-state index is 0.435. The van der Waals surface area contributed by atoms with E-state index in [1.807, 2.05) is 0 Å². The lowest BCUT2D eigenvalue weighted by Crippen LogP contribution is -2.38. The Bertz CT molecular complexity index is 126. The second-order valence-electron chi connectivity index (χ2n) is 3.14. The molecule has 12 heavy (non-hydrogen) atoms. The van der Waals surface area contributed by atoms with Gasteiger partial charge in [0.25, 0.3) is 0 Å². The predicted octanol–water partition coefficient (Wildman–Crippen LogP) is 2.18. The maximum atomic E-state index is 5.42. The Labute approximate surface area is 80.9 Å². The van der Waals surface area contributed by atoms with Crippen LogP contribution in [0.4, 0.5) is 0 Å². The van der Waals surface area contributed by atoms with Gasteiger partial charge in [0.2, 0.25) is 0 Å². The highest BCUT2D eigenvalue weighted by molar-refractivity contribution is 7.80. The number of hydrogen-bond donors (Lipinski definition) is 2. The average Bonchev–Trinajstić information content (AvgIpc) is 2.00. The Hall–Kier alpha value is -0.310. The molecule has 0 radical (unpaired) electrons. The van der Waals surface area contributed by atoms with Crippen LogP contribution < -0.4 is 11.1 Å². The third kappa shape index (κ3) is 6.40. The lowest BCUT2D eigenvalue weighted by molar-refractivity contribution is 0.496. The molecule has 0 bridgehead atoms. The molecule has 0 aromatic carbocycles. The van der Waals surface area contributed by atoms with Crippen molar-refractivity contribution in [1.82, 2.24) is 5.32 Å². The summed E-state index contributed by atoms with van der Waals surface area (Å²) in [6.45, 7) is 4.38. The largest absolute Gasteiger partial charge is 0.376 e. The van der Waals surface area contributed by atoms with E-state index in [0.717, 1.165) is 6.42 Å². The van der Waals surface area contributed by atoms with Crippen molar-refractivity contribution in [1.29, 1.82) is 0 Å². The van der Waals surface area contributed by atoms with E-state index in [4.69, 9.17) is 18.0 Å². The summed E-state index contributed by atoms with van der Waals surface area (Å²) in [5, 5.41) is 3.56. The fourth-order valence-corrected chi connectivity index (χ4v) is 1.46. The van der Waals surface area contributed by atoms with Gasteiger partial charge in [-0.3, -0.25) is 0 Å². The SMILES string of the molecule is CCCCC(CCC)NC(N)=S. The topological polar surface area (TPSA) is 38.0 Å². The molecule has 0 saturated heterocycles. The van der Waals surface area contributed by atoms with E-state index in [0.29, 0.717) is 11.2 Å². The Morgan fingerprint density at radius 1 is 1.33 bits per heavy atom. The van der Waals surface area contributed by atoms with Crippen molar-refractivity contribution in [2.24, 2.45) is 5.73 Å². The number of unbranched alkanes of at least 4 members (excludes halogenated alkanes) is 1. The molecule has 3 N–H and O–H groups in total. The molecule has 3 heteroatoms. The zero-order valence-corrected chi connectivity index (χ0v) is 8.91. The molecule has 0 rings (SSSR count). The van der Waals surface area contributed by atoms with Crippen molar-refractivity contribution in [3.8, 4) is 0 Å². The summed E-state index contributed by atoms with van der Waals surface area (Å²) < 4.78 is 0. The van der Waals surface area contributed by atoms with Crippen molar-refractivity contribution in [3.63, 3.8) is 0 Å². The summed E-state index contributed by atoms with van der Waals surface area (Å²) in [5.74, 6) is 0. The van der Waals surface area contributed by atoms with Crippen LogP contribution in [0, 0.1) is 0 Å². The quantitative estimate of drug-likeness (QED) is 0.627. The lowest BCUT2D eigenvalue weighted by atomic mass is 10.1. The maximum Gasteiger partial charge on any atom is 0.163 e. The molecule has 1 unspecified atom stereocenters. The van der Waals surface area contributed by atoms with E-state index in [1.54, 1.807) is 0 Å². The van der Waals surface area contributed by atoms with E-state index in [9.17, 15) is 0 Å². The first-order valence-corrected chi connectivity index (χ1v) is 5.17. The highest BCUT2D eigenvalue weighted by atomic mass is 32.1. The van der Waals surface area contributed by atoms with E-state index in [1.165, 1.54) is 25.7 Å². The summed E-state index contributed by atoms with van der Waals surface area (Å²) >= 11 is 4.80. The monoisotopic (exact) mass is 188 g/mol. The summed E-state index contributed by atoms with van der Waals surface area (Å²) in [5.41, 5.74) is 5.42. The summed E-state index contributed by atoms with van der Waals surface area (Å²) in [7, 11) is 0. The van der Waals surface area contributed by atoms with Gasteiger partial charge in [0, 0.05) is 6.04 Å². The van der Waals surface area contributed by atoms with Crippen molar-refractivity contribution in [2.45, 2.75) is 52.0 Å². The summed E-state index contributed by atoms with van der Waals surface area (Å²) in [6.07, 6.45) is 6.02. The Kier molecular flexibility index (Phi) is 7.16. The van der Waals surface area contributed by atoms with Gasteiger partial charge in [-0.1, -0.05) is 33.1 Å². The number of nitrogens with one attached hydrogen (secondary N) is 1. The van der Waals surface area contributed by atoms with Crippen molar-refractivity contribution < 1.29 is 0 Å². The van der Waals surface area contributed by atoms with E-state index < -0.39 is 0 Å². The van der Waals surface area contributed by atoms with Crippen LogP contribution in [-0.4, -0.2) is 11.2 Å². The molecule has 0 saturated carbocycles. The molecule has 0 spiro atoms. The van der Waals surface area contributed by atoms with Gasteiger partial charge in [0.1, 0.15) is 0 Å². The lowest BCUT2D eigenvalue weighted by Gasteiger charge is -2.17. The van der Waals surface area contributed by atoms with Crippen LogP contribution in [0.1, 0.15) is 46.0 Å². The van der Waals surface area contributed by atoms with Crippen LogP contribution in [0.3, 0.4) is 0 Å². The molecular formula is C9H20N2S. The van der Waals surface area contributed by atoms with E-state index in [-0.39, 0.29) is 0 Å². The first kappa shape index (κ1) is 11.7. The maximum absolute atomic E-state index is 5.42. The third-order valence-electron chi connectivity index (χ3n) is 1.89. The predicted molar refractivity (Wildman–Crippen MR) is 58.1 cm³/mol. The zero-order valence-electron chi connectivity index (χ0n) is 8.10. The van der Waals surface area contributed by atoms with Crippen LogP contribution in [0.2, 0.25) is 0 Å². The molecule has 0 aromatic rings. The Morgan fingerprint density at radius 2 is 2.00 bits per heavy atom. The second-order valence-corrected chi connectivity index (χ2v) is 3.58. The van der Waals surface area contributed by atoms with Gasteiger partial charge in [-0.2, -0.15) is 0 Å². The molecular weight excluding hydrogens is 168 g/mol. The molecule has 0 fully saturated rings. The first-order chi connectivity index (χ1) is 5.70. The molecule has 2 nitrogen and oxygen atoms in total. The molecule has 0 aliphatic heterocycles. The number of thiocarbonyl (C=S) groups is 1. The van der Waals surface area contributed by atoms with Crippen molar-refractivity contribution in [2.75, 3.05) is 0 Å². The normalized spacial score (nSPS) is 12.5. The summed E-state index contributed by atoms with van der Waals surface area (Å²) in [6, 6.07) is 0.493. The summed E-state index contributed by atoms with van der Waals surface area (Å²) in [4.78, 5) is 0. The van der Waals surface area contributed by atoms with Gasteiger partial charge in [-0.25, -0.2) is 0 Å². The smallest absolute Gasteiger partial charge is 0.163 e. The van der Waals surface area contributed by atoms with Gasteiger partial charge >= 0.3 is 0 Å². The molecule has 0 heterocycles. The minimum Gasteiger partial charge on any atom is -0.376 e. The van der Waals surface area contributed by atoms with Gasteiger partial charge < -0.3 is 11.1 Å². The zero-order chi connectivity index (χ0) is 9.40. The Balaban J connectivity index is 3.61. The van der Waals surface area contributed by atoms with Crippen LogP contribution in [0.25, 0.3) is 0 Å². The molecule has 0 aliphatic rings. The first-order valence-electron chi connectivity index (χ1n) is 4.76. The van der Waals surface area contributed by atoms with Crippen LogP contribution in [0.5, 0.6) is 0 Å². The molecule has 1 atom stereocenters. The van der Waals surface area contributed by atoms with Crippen molar-refractivity contribution >= 4 is 17.3 Å². The molecule has 0 aliphatic carbocycles. The number of rotatable bonds is 6. The number of nitrogens with two attached hydrogens (primary N) is 1. The van der Waals surface area contributed by atoms with E-state index in [2.05, 4.69) is 19.2 Å². The second kappa shape index (κ2) is 7.35. The fraction of sp³-hybridized carbons (Fsp3) is 0.889. The van der Waals surface area contributed by atoms with Gasteiger partial charge in [0.15, 0.2) is 5.11 Å². The fourth-order valence-electron chi connectivity index (χ4n) is 1.29. The van der Waals surface area contributed by atoms with Gasteiger partial charge in [0.05, 0.1) is 0 Å².